The number of aryl methyl sites for hydroxylation is 2. The molecule has 1 amide bonds. The van der Waals surface area contributed by atoms with Crippen LogP contribution in [-0.4, -0.2) is 48.3 Å². The number of carbonyl (C=O) groups excluding carboxylic acids is 1. The molecule has 7 heteroatoms. The number of hydrogen-bond donors (Lipinski definition) is 0. The van der Waals surface area contributed by atoms with Crippen LogP contribution in [0.5, 0.6) is 0 Å². The maximum atomic E-state index is 12.2. The topological polar surface area (TPSA) is 80.5 Å². The molecule has 0 N–H and O–H groups in total. The van der Waals surface area contributed by atoms with Gasteiger partial charge in [0.15, 0.2) is 15.7 Å². The van der Waals surface area contributed by atoms with Gasteiger partial charge in [-0.3, -0.25) is 4.79 Å². The quantitative estimate of drug-likeness (QED) is 0.809. The van der Waals surface area contributed by atoms with Gasteiger partial charge >= 0.3 is 0 Å². The molecule has 0 bridgehead atoms. The smallest absolute Gasteiger partial charge is 0.223 e. The van der Waals surface area contributed by atoms with Crippen molar-refractivity contribution in [1.82, 2.24) is 9.88 Å². The number of aromatic nitrogens is 1. The molecule has 1 aliphatic heterocycles. The third kappa shape index (κ3) is 3.59. The first-order chi connectivity index (χ1) is 9.41. The summed E-state index contributed by atoms with van der Waals surface area (Å²) in [6.45, 7) is 4.17. The molecule has 0 aromatic carbocycles. The van der Waals surface area contributed by atoms with Gasteiger partial charge in [0, 0.05) is 32.4 Å². The van der Waals surface area contributed by atoms with E-state index in [0.717, 1.165) is 5.69 Å². The lowest BCUT2D eigenvalue weighted by molar-refractivity contribution is -0.132. The Morgan fingerprint density at radius 1 is 1.55 bits per heavy atom. The summed E-state index contributed by atoms with van der Waals surface area (Å²) in [6, 6.07) is -0.170. The van der Waals surface area contributed by atoms with Crippen molar-refractivity contribution in [3.8, 4) is 0 Å². The van der Waals surface area contributed by atoms with Gasteiger partial charge in [0.05, 0.1) is 17.2 Å². The molecule has 0 spiro atoms. The van der Waals surface area contributed by atoms with Crippen LogP contribution in [0.3, 0.4) is 0 Å². The molecule has 20 heavy (non-hydrogen) atoms. The van der Waals surface area contributed by atoms with E-state index in [9.17, 15) is 13.2 Å². The Morgan fingerprint density at radius 3 is 2.80 bits per heavy atom. The Bertz CT molecular complexity index is 579. The molecule has 1 aromatic heterocycles. The van der Waals surface area contributed by atoms with Crippen molar-refractivity contribution in [3.63, 3.8) is 0 Å². The van der Waals surface area contributed by atoms with Crippen LogP contribution in [0.1, 0.15) is 31.4 Å². The largest absolute Gasteiger partial charge is 0.449 e. The van der Waals surface area contributed by atoms with Gasteiger partial charge in [-0.2, -0.15) is 0 Å². The minimum absolute atomic E-state index is 0.0183. The maximum absolute atomic E-state index is 12.2. The van der Waals surface area contributed by atoms with E-state index in [-0.39, 0.29) is 23.5 Å². The van der Waals surface area contributed by atoms with E-state index < -0.39 is 9.84 Å². The predicted molar refractivity (Wildman–Crippen MR) is 74.0 cm³/mol. The number of hydrogen-bond acceptors (Lipinski definition) is 5. The van der Waals surface area contributed by atoms with Gasteiger partial charge in [0.2, 0.25) is 5.91 Å². The van der Waals surface area contributed by atoms with Gasteiger partial charge in [-0.05, 0) is 13.3 Å². The molecular weight excluding hydrogens is 280 g/mol. The fourth-order valence-corrected chi connectivity index (χ4v) is 4.29. The van der Waals surface area contributed by atoms with E-state index in [2.05, 4.69) is 4.98 Å². The van der Waals surface area contributed by atoms with Crippen molar-refractivity contribution in [2.24, 2.45) is 0 Å². The summed E-state index contributed by atoms with van der Waals surface area (Å²) in [5.74, 6) is 0.844. The third-order valence-electron chi connectivity index (χ3n) is 3.57. The monoisotopic (exact) mass is 300 g/mol. The summed E-state index contributed by atoms with van der Waals surface area (Å²) in [7, 11) is -2.97. The molecule has 6 nitrogen and oxygen atoms in total. The molecule has 1 atom stereocenters. The minimum Gasteiger partial charge on any atom is -0.449 e. The number of rotatable bonds is 5. The molecule has 1 aliphatic rings. The van der Waals surface area contributed by atoms with Gasteiger partial charge in [-0.15, -0.1) is 0 Å². The Morgan fingerprint density at radius 2 is 2.30 bits per heavy atom. The fourth-order valence-electron chi connectivity index (χ4n) is 2.56. The van der Waals surface area contributed by atoms with Gasteiger partial charge in [0.25, 0.3) is 0 Å². The minimum atomic E-state index is -2.97. The second-order valence-electron chi connectivity index (χ2n) is 5.09. The van der Waals surface area contributed by atoms with E-state index in [0.29, 0.717) is 31.7 Å². The van der Waals surface area contributed by atoms with E-state index in [1.54, 1.807) is 18.1 Å². The third-order valence-corrected chi connectivity index (χ3v) is 5.32. The van der Waals surface area contributed by atoms with Crippen LogP contribution in [0.15, 0.2) is 10.7 Å². The molecule has 1 fully saturated rings. The number of amides is 1. The lowest BCUT2D eigenvalue weighted by Gasteiger charge is -2.26. The van der Waals surface area contributed by atoms with Crippen molar-refractivity contribution < 1.29 is 17.6 Å². The lowest BCUT2D eigenvalue weighted by atomic mass is 10.1. The standard InChI is InChI=1S/C13H20N2O4S/c1-3-15(12-6-7-20(17,18)9-12)13(16)5-4-11-8-19-10(2)14-11/h8,12H,3-7,9H2,1-2H3. The van der Waals surface area contributed by atoms with Crippen LogP contribution in [0.4, 0.5) is 0 Å². The second kappa shape index (κ2) is 5.95. The van der Waals surface area contributed by atoms with Crippen LogP contribution in [-0.2, 0) is 21.1 Å². The molecule has 1 aromatic rings. The number of carbonyl (C=O) groups is 1. The summed E-state index contributed by atoms with van der Waals surface area (Å²) in [4.78, 5) is 18.1. The summed E-state index contributed by atoms with van der Waals surface area (Å²) < 4.78 is 28.1. The molecule has 1 unspecified atom stereocenters. The summed E-state index contributed by atoms with van der Waals surface area (Å²) in [5, 5.41) is 0. The summed E-state index contributed by atoms with van der Waals surface area (Å²) in [5.41, 5.74) is 0.756. The Balaban J connectivity index is 1.92. The van der Waals surface area contributed by atoms with E-state index in [1.165, 1.54) is 0 Å². The Kier molecular flexibility index (Phi) is 4.47. The van der Waals surface area contributed by atoms with Crippen molar-refractivity contribution in [2.75, 3.05) is 18.1 Å². The molecule has 0 radical (unpaired) electrons. The molecule has 2 heterocycles. The fraction of sp³-hybridized carbons (Fsp3) is 0.692. The van der Waals surface area contributed by atoms with Crippen LogP contribution >= 0.6 is 0 Å². The molecule has 1 saturated heterocycles. The highest BCUT2D eigenvalue weighted by molar-refractivity contribution is 7.91. The van der Waals surface area contributed by atoms with Gasteiger partial charge in [-0.25, -0.2) is 13.4 Å². The average Bonchev–Trinajstić information content (AvgIpc) is 2.94. The Labute approximate surface area is 119 Å². The van der Waals surface area contributed by atoms with Crippen molar-refractivity contribution in [1.29, 1.82) is 0 Å². The summed E-state index contributed by atoms with van der Waals surface area (Å²) >= 11 is 0. The van der Waals surface area contributed by atoms with Gasteiger partial charge in [-0.1, -0.05) is 0 Å². The molecule has 0 aliphatic carbocycles. The first-order valence-electron chi connectivity index (χ1n) is 6.82. The van der Waals surface area contributed by atoms with Crippen LogP contribution in [0.2, 0.25) is 0 Å². The molecule has 112 valence electrons. The lowest BCUT2D eigenvalue weighted by Crippen LogP contribution is -2.41. The predicted octanol–water partition coefficient (Wildman–Crippen LogP) is 0.951. The zero-order valence-corrected chi connectivity index (χ0v) is 12.6. The highest BCUT2D eigenvalue weighted by Crippen LogP contribution is 2.19. The normalized spacial score (nSPS) is 21.0. The maximum Gasteiger partial charge on any atom is 0.223 e. The highest BCUT2D eigenvalue weighted by Gasteiger charge is 2.33. The van der Waals surface area contributed by atoms with Crippen molar-refractivity contribution in [3.05, 3.63) is 17.8 Å². The second-order valence-corrected chi connectivity index (χ2v) is 7.32. The van der Waals surface area contributed by atoms with Gasteiger partial charge < -0.3 is 9.32 Å². The average molecular weight is 300 g/mol. The SMILES string of the molecule is CCN(C(=O)CCc1coc(C)n1)C1CCS(=O)(=O)C1. The highest BCUT2D eigenvalue weighted by atomic mass is 32.2. The first kappa shape index (κ1) is 15.0. The Hall–Kier alpha value is -1.37. The van der Waals surface area contributed by atoms with Gasteiger partial charge in [0.1, 0.15) is 6.26 Å². The number of sulfone groups is 1. The van der Waals surface area contributed by atoms with Crippen LogP contribution in [0, 0.1) is 6.92 Å². The molecule has 2 rings (SSSR count). The number of oxazole rings is 1. The zero-order chi connectivity index (χ0) is 14.8. The summed E-state index contributed by atoms with van der Waals surface area (Å²) in [6.07, 6.45) is 2.95. The van der Waals surface area contributed by atoms with Crippen molar-refractivity contribution >= 4 is 15.7 Å². The van der Waals surface area contributed by atoms with E-state index in [4.69, 9.17) is 4.42 Å². The first-order valence-corrected chi connectivity index (χ1v) is 8.64. The van der Waals surface area contributed by atoms with E-state index in [1.807, 2.05) is 6.92 Å². The molecular formula is C13H20N2O4S. The molecule has 0 saturated carbocycles. The van der Waals surface area contributed by atoms with Crippen LogP contribution in [0.25, 0.3) is 0 Å². The van der Waals surface area contributed by atoms with E-state index >= 15 is 0 Å². The van der Waals surface area contributed by atoms with Crippen molar-refractivity contribution in [2.45, 2.75) is 39.2 Å². The zero-order valence-electron chi connectivity index (χ0n) is 11.8. The van der Waals surface area contributed by atoms with Crippen LogP contribution < -0.4 is 0 Å². The number of nitrogens with zero attached hydrogens (tertiary/aromatic N) is 2.